The van der Waals surface area contributed by atoms with Crippen molar-refractivity contribution < 1.29 is 27.4 Å². The number of H-pyrrole nitrogens is 1. The Hall–Kier alpha value is -4.17. The molecule has 0 fully saturated rings. The first-order chi connectivity index (χ1) is 15.5. The van der Waals surface area contributed by atoms with Gasteiger partial charge >= 0.3 is 17.1 Å². The van der Waals surface area contributed by atoms with Crippen molar-refractivity contribution in [3.8, 4) is 5.88 Å². The van der Waals surface area contributed by atoms with Gasteiger partial charge in [-0.1, -0.05) is 6.07 Å². The molecule has 0 radical (unpaired) electrons. The molecule has 33 heavy (non-hydrogen) atoms. The average molecular weight is 475 g/mol. The molecule has 4 N–H and O–H groups in total. The van der Waals surface area contributed by atoms with Crippen LogP contribution in [0.3, 0.4) is 0 Å². The summed E-state index contributed by atoms with van der Waals surface area (Å²) in [7, 11) is -3.11. The van der Waals surface area contributed by atoms with E-state index in [-0.39, 0.29) is 40.1 Å². The average Bonchev–Trinajstić information content (AvgIpc) is 2.75. The van der Waals surface area contributed by atoms with Crippen LogP contribution in [0.15, 0.2) is 44.9 Å². The number of aromatic carboxylic acids is 1. The highest BCUT2D eigenvalue weighted by atomic mass is 32.2. The second-order valence-electron chi connectivity index (χ2n) is 6.90. The highest BCUT2D eigenvalue weighted by molar-refractivity contribution is 7.89. The van der Waals surface area contributed by atoms with Gasteiger partial charge in [-0.05, 0) is 23.8 Å². The van der Waals surface area contributed by atoms with Gasteiger partial charge in [-0.3, -0.25) is 14.2 Å². The van der Waals surface area contributed by atoms with E-state index in [0.29, 0.717) is 0 Å². The maximum Gasteiger partial charge on any atom is 0.337 e. The fraction of sp³-hybridized carbons (Fsp3) is 0.105. The third-order valence-corrected chi connectivity index (χ3v) is 5.79. The van der Waals surface area contributed by atoms with Gasteiger partial charge in [0.25, 0.3) is 5.88 Å². The predicted octanol–water partition coefficient (Wildman–Crippen LogP) is 0.175. The van der Waals surface area contributed by atoms with E-state index in [4.69, 9.17) is 9.88 Å². The second kappa shape index (κ2) is 7.75. The number of nitrogens with two attached hydrogens (primary N) is 1. The van der Waals surface area contributed by atoms with E-state index in [1.165, 1.54) is 19.4 Å². The number of hydrogen-bond acceptors (Lipinski definition) is 8. The van der Waals surface area contributed by atoms with Gasteiger partial charge < -0.3 is 14.8 Å². The summed E-state index contributed by atoms with van der Waals surface area (Å²) in [4.78, 5) is 46.2. The SMILES string of the molecule is COc1nc2ncc3[nH]c(=O)c(=O)n(Cc4ccc(S(N)(=O)=O)c(C(=O)O)c4)c3c2cc1F. The number of benzene rings is 1. The number of sulfonamides is 1. The molecule has 0 unspecified atom stereocenters. The van der Waals surface area contributed by atoms with Crippen LogP contribution in [-0.2, 0) is 16.6 Å². The molecule has 4 rings (SSSR count). The third kappa shape index (κ3) is 3.81. The fourth-order valence-corrected chi connectivity index (χ4v) is 4.13. The van der Waals surface area contributed by atoms with Crippen molar-refractivity contribution >= 4 is 38.1 Å². The number of aromatic amines is 1. The van der Waals surface area contributed by atoms with Crippen molar-refractivity contribution in [2.24, 2.45) is 5.14 Å². The first-order valence-corrected chi connectivity index (χ1v) is 10.6. The lowest BCUT2D eigenvalue weighted by molar-refractivity contribution is 0.0692. The molecule has 4 aromatic rings. The molecule has 0 aliphatic rings. The number of methoxy groups -OCH3 is 1. The van der Waals surface area contributed by atoms with Crippen molar-refractivity contribution in [3.63, 3.8) is 0 Å². The van der Waals surface area contributed by atoms with Crippen LogP contribution in [0.5, 0.6) is 5.88 Å². The zero-order chi connectivity index (χ0) is 24.1. The standard InChI is InChI=1S/C19H14FN5O7S/c1-32-17-11(20)5-10-14-12(6-22-15(10)24-17)23-16(26)18(27)25(14)7-8-2-3-13(33(21,30)31)9(4-8)19(28)29/h2-6H,7H2,1H3,(H,23,26)(H,28,29)(H2,21,30,31). The number of carbonyl (C=O) groups is 1. The number of pyridine rings is 2. The van der Waals surface area contributed by atoms with Gasteiger partial charge in [-0.15, -0.1) is 0 Å². The summed E-state index contributed by atoms with van der Waals surface area (Å²) in [6.45, 7) is -0.350. The molecule has 170 valence electrons. The number of ether oxygens (including phenoxy) is 1. The van der Waals surface area contributed by atoms with E-state index in [2.05, 4.69) is 15.0 Å². The highest BCUT2D eigenvalue weighted by Crippen LogP contribution is 2.25. The predicted molar refractivity (Wildman–Crippen MR) is 112 cm³/mol. The number of hydrogen-bond donors (Lipinski definition) is 3. The van der Waals surface area contributed by atoms with Gasteiger partial charge in [0.05, 0.1) is 41.3 Å². The lowest BCUT2D eigenvalue weighted by Gasteiger charge is -2.13. The molecule has 0 saturated carbocycles. The number of nitrogens with one attached hydrogen (secondary N) is 1. The van der Waals surface area contributed by atoms with Crippen LogP contribution in [0, 0.1) is 5.82 Å². The van der Waals surface area contributed by atoms with E-state index in [1.807, 2.05) is 0 Å². The number of fused-ring (bicyclic) bond motifs is 3. The Morgan fingerprint density at radius 1 is 1.30 bits per heavy atom. The summed E-state index contributed by atoms with van der Waals surface area (Å²) in [5.74, 6) is -2.72. The number of carboxylic acid groups (broad SMARTS) is 1. The molecule has 0 spiro atoms. The van der Waals surface area contributed by atoms with E-state index < -0.39 is 43.4 Å². The molecule has 0 bridgehead atoms. The molecule has 1 aromatic carbocycles. The molecule has 14 heteroatoms. The lowest BCUT2D eigenvalue weighted by Crippen LogP contribution is -2.36. The molecule has 0 aliphatic heterocycles. The monoisotopic (exact) mass is 475 g/mol. The van der Waals surface area contributed by atoms with Gasteiger partial charge in [-0.2, -0.15) is 4.98 Å². The zero-order valence-electron chi connectivity index (χ0n) is 16.7. The largest absolute Gasteiger partial charge is 0.479 e. The van der Waals surface area contributed by atoms with Crippen LogP contribution in [0.4, 0.5) is 4.39 Å². The van der Waals surface area contributed by atoms with Crippen LogP contribution >= 0.6 is 0 Å². The van der Waals surface area contributed by atoms with Crippen molar-refractivity contribution in [1.82, 2.24) is 19.5 Å². The number of aromatic nitrogens is 4. The summed E-state index contributed by atoms with van der Waals surface area (Å²) in [6, 6.07) is 4.29. The molecular weight excluding hydrogens is 461 g/mol. The highest BCUT2D eigenvalue weighted by Gasteiger charge is 2.21. The van der Waals surface area contributed by atoms with E-state index in [9.17, 15) is 32.3 Å². The number of primary sulfonamides is 1. The molecule has 3 aromatic heterocycles. The summed E-state index contributed by atoms with van der Waals surface area (Å²) in [5.41, 5.74) is -2.26. The summed E-state index contributed by atoms with van der Waals surface area (Å²) in [5, 5.41) is 14.5. The topological polar surface area (TPSA) is 187 Å². The van der Waals surface area contributed by atoms with Crippen molar-refractivity contribution in [3.05, 3.63) is 68.1 Å². The Labute approximate surface area is 183 Å². The molecule has 0 saturated heterocycles. The summed E-state index contributed by atoms with van der Waals surface area (Å²) >= 11 is 0. The molecular formula is C19H14FN5O7S. The number of nitrogens with zero attached hydrogens (tertiary/aromatic N) is 3. The molecule has 0 aliphatic carbocycles. The van der Waals surface area contributed by atoms with Gasteiger partial charge in [0.2, 0.25) is 10.0 Å². The lowest BCUT2D eigenvalue weighted by atomic mass is 10.1. The smallest absolute Gasteiger partial charge is 0.337 e. The molecule has 3 heterocycles. The van der Waals surface area contributed by atoms with E-state index >= 15 is 0 Å². The van der Waals surface area contributed by atoms with Crippen LogP contribution in [0.1, 0.15) is 15.9 Å². The molecule has 0 atom stereocenters. The Balaban J connectivity index is 2.01. The summed E-state index contributed by atoms with van der Waals surface area (Å²) in [6.07, 6.45) is 1.23. The quantitative estimate of drug-likeness (QED) is 0.267. The van der Waals surface area contributed by atoms with Crippen LogP contribution < -0.4 is 21.0 Å². The van der Waals surface area contributed by atoms with Crippen molar-refractivity contribution in [1.29, 1.82) is 0 Å². The van der Waals surface area contributed by atoms with E-state index in [1.54, 1.807) is 0 Å². The van der Waals surface area contributed by atoms with Gasteiger partial charge in [0.1, 0.15) is 0 Å². The normalized spacial score (nSPS) is 11.7. The molecule has 12 nitrogen and oxygen atoms in total. The van der Waals surface area contributed by atoms with Crippen LogP contribution in [-0.4, -0.2) is 46.1 Å². The zero-order valence-corrected chi connectivity index (χ0v) is 17.5. The minimum Gasteiger partial charge on any atom is -0.479 e. The number of halogens is 1. The Morgan fingerprint density at radius 2 is 2.03 bits per heavy atom. The van der Waals surface area contributed by atoms with Gasteiger partial charge in [-0.25, -0.2) is 27.7 Å². The maximum absolute atomic E-state index is 14.4. The first kappa shape index (κ1) is 22.0. The summed E-state index contributed by atoms with van der Waals surface area (Å²) < 4.78 is 43.6. The third-order valence-electron chi connectivity index (χ3n) is 4.82. The van der Waals surface area contributed by atoms with Gasteiger partial charge in [0, 0.05) is 5.39 Å². The van der Waals surface area contributed by atoms with Crippen molar-refractivity contribution in [2.75, 3.05) is 7.11 Å². The minimum atomic E-state index is -4.33. The Kier molecular flexibility index (Phi) is 5.18. The Bertz CT molecular complexity index is 1700. The maximum atomic E-state index is 14.4. The first-order valence-electron chi connectivity index (χ1n) is 9.06. The Morgan fingerprint density at radius 3 is 2.67 bits per heavy atom. The van der Waals surface area contributed by atoms with Crippen LogP contribution in [0.2, 0.25) is 0 Å². The minimum absolute atomic E-state index is 0.0248. The second-order valence-corrected chi connectivity index (χ2v) is 8.43. The molecule has 0 amide bonds. The number of rotatable bonds is 5. The number of carboxylic acids is 1. The fourth-order valence-electron chi connectivity index (χ4n) is 3.42. The van der Waals surface area contributed by atoms with Crippen molar-refractivity contribution in [2.45, 2.75) is 11.4 Å². The van der Waals surface area contributed by atoms with Gasteiger partial charge in [0.15, 0.2) is 11.5 Å². The van der Waals surface area contributed by atoms with Crippen LogP contribution in [0.25, 0.3) is 22.1 Å². The van der Waals surface area contributed by atoms with E-state index in [0.717, 1.165) is 22.8 Å².